The summed E-state index contributed by atoms with van der Waals surface area (Å²) in [5.41, 5.74) is 0.435. The van der Waals surface area contributed by atoms with E-state index in [9.17, 15) is 0 Å². The number of unbranched alkanes of at least 4 members (excludes halogenated alkanes) is 1. The van der Waals surface area contributed by atoms with Gasteiger partial charge in [-0.1, -0.05) is 19.3 Å². The maximum absolute atomic E-state index is 5.16. The molecule has 1 saturated carbocycles. The molecule has 1 N–H and O–H groups in total. The summed E-state index contributed by atoms with van der Waals surface area (Å²) < 4.78 is 5.16. The Morgan fingerprint density at radius 2 is 2.00 bits per heavy atom. The second kappa shape index (κ2) is 7.61. The minimum absolute atomic E-state index is 0.435. The van der Waals surface area contributed by atoms with Crippen molar-refractivity contribution >= 4 is 0 Å². The van der Waals surface area contributed by atoms with Crippen LogP contribution >= 0.6 is 0 Å². The minimum atomic E-state index is 0.435. The van der Waals surface area contributed by atoms with E-state index in [4.69, 9.17) is 4.74 Å². The average Bonchev–Trinajstić information content (AvgIpc) is 2.56. The molecule has 2 aliphatic rings. The molecule has 1 aliphatic heterocycles. The molecule has 1 heterocycles. The summed E-state index contributed by atoms with van der Waals surface area (Å²) in [5, 5.41) is 3.89. The van der Waals surface area contributed by atoms with E-state index in [0.717, 1.165) is 12.6 Å². The van der Waals surface area contributed by atoms with Crippen molar-refractivity contribution in [3.63, 3.8) is 0 Å². The van der Waals surface area contributed by atoms with E-state index in [-0.39, 0.29) is 0 Å². The van der Waals surface area contributed by atoms with Gasteiger partial charge in [0.05, 0.1) is 0 Å². The van der Waals surface area contributed by atoms with Gasteiger partial charge < -0.3 is 10.1 Å². The van der Waals surface area contributed by atoms with Gasteiger partial charge in [0.2, 0.25) is 0 Å². The maximum atomic E-state index is 5.16. The van der Waals surface area contributed by atoms with Gasteiger partial charge in [0.25, 0.3) is 0 Å². The Kier molecular flexibility index (Phi) is 6.11. The molecule has 0 amide bonds. The second-order valence-corrected chi connectivity index (χ2v) is 6.58. The third kappa shape index (κ3) is 4.44. The Labute approximate surface area is 119 Å². The fourth-order valence-corrected chi connectivity index (χ4v) is 3.75. The van der Waals surface area contributed by atoms with Crippen LogP contribution < -0.4 is 5.32 Å². The van der Waals surface area contributed by atoms with E-state index < -0.39 is 0 Å². The Balaban J connectivity index is 1.87. The highest BCUT2D eigenvalue weighted by molar-refractivity contribution is 4.96. The molecule has 0 aromatic carbocycles. The first kappa shape index (κ1) is 15.3. The summed E-state index contributed by atoms with van der Waals surface area (Å²) >= 11 is 0. The summed E-state index contributed by atoms with van der Waals surface area (Å²) in [6, 6.07) is 0.733. The van der Waals surface area contributed by atoms with Gasteiger partial charge in [0.15, 0.2) is 0 Å². The maximum Gasteiger partial charge on any atom is 0.0462 e. The number of hydrogen-bond donors (Lipinski definition) is 1. The lowest BCUT2D eigenvalue weighted by molar-refractivity contribution is 0.129. The van der Waals surface area contributed by atoms with Crippen LogP contribution in [0.4, 0.5) is 0 Å². The van der Waals surface area contributed by atoms with Gasteiger partial charge >= 0.3 is 0 Å². The molecule has 1 unspecified atom stereocenters. The van der Waals surface area contributed by atoms with Crippen molar-refractivity contribution in [3.05, 3.63) is 0 Å². The number of nitrogens with one attached hydrogen (secondary N) is 1. The molecule has 0 bridgehead atoms. The average molecular weight is 268 g/mol. The van der Waals surface area contributed by atoms with E-state index >= 15 is 0 Å². The molecule has 1 aliphatic carbocycles. The van der Waals surface area contributed by atoms with Crippen LogP contribution in [-0.4, -0.2) is 49.8 Å². The third-order valence-corrected chi connectivity index (χ3v) is 5.05. The van der Waals surface area contributed by atoms with Gasteiger partial charge in [0.1, 0.15) is 0 Å². The first-order valence-electron chi connectivity index (χ1n) is 8.24. The summed E-state index contributed by atoms with van der Waals surface area (Å²) in [4.78, 5) is 2.74. The van der Waals surface area contributed by atoms with Crippen molar-refractivity contribution in [1.29, 1.82) is 0 Å². The fourth-order valence-electron chi connectivity index (χ4n) is 3.75. The summed E-state index contributed by atoms with van der Waals surface area (Å²) in [5.74, 6) is 0. The zero-order valence-electron chi connectivity index (χ0n) is 12.9. The molecule has 1 spiro atoms. The quantitative estimate of drug-likeness (QED) is 0.776. The van der Waals surface area contributed by atoms with Crippen molar-refractivity contribution < 1.29 is 4.74 Å². The van der Waals surface area contributed by atoms with Crippen molar-refractivity contribution in [2.75, 3.05) is 33.4 Å². The van der Waals surface area contributed by atoms with Crippen LogP contribution in [0, 0.1) is 0 Å². The molecule has 0 aromatic rings. The highest BCUT2D eigenvalue weighted by atomic mass is 16.5. The zero-order valence-corrected chi connectivity index (χ0v) is 12.9. The fraction of sp³-hybridized carbons (Fsp3) is 1.00. The van der Waals surface area contributed by atoms with Gasteiger partial charge in [-0.15, -0.1) is 0 Å². The van der Waals surface area contributed by atoms with Gasteiger partial charge in [-0.05, 0) is 52.1 Å². The highest BCUT2D eigenvalue weighted by Gasteiger charge is 2.36. The van der Waals surface area contributed by atoms with Gasteiger partial charge in [-0.25, -0.2) is 0 Å². The number of nitrogens with zero attached hydrogens (tertiary/aromatic N) is 1. The first-order valence-corrected chi connectivity index (χ1v) is 8.24. The van der Waals surface area contributed by atoms with Crippen molar-refractivity contribution in [1.82, 2.24) is 10.2 Å². The molecule has 19 heavy (non-hydrogen) atoms. The topological polar surface area (TPSA) is 24.5 Å². The number of rotatable bonds is 5. The van der Waals surface area contributed by atoms with Crippen LogP contribution in [0.5, 0.6) is 0 Å². The lowest BCUT2D eigenvalue weighted by Gasteiger charge is -2.41. The lowest BCUT2D eigenvalue weighted by atomic mass is 9.81. The molecule has 3 nitrogen and oxygen atoms in total. The number of methoxy groups -OCH3 is 1. The highest BCUT2D eigenvalue weighted by Crippen LogP contribution is 2.31. The Morgan fingerprint density at radius 3 is 2.74 bits per heavy atom. The summed E-state index contributed by atoms with van der Waals surface area (Å²) in [6.45, 7) is 7.02. The molecular weight excluding hydrogens is 236 g/mol. The standard InChI is InChI=1S/C16H32N2O/c1-15-8-11-17-16(9-4-3-5-10-16)14-18(15)12-6-7-13-19-2/h15,17H,3-14H2,1-2H3. The van der Waals surface area contributed by atoms with Crippen molar-refractivity contribution in [2.24, 2.45) is 0 Å². The molecule has 112 valence electrons. The minimum Gasteiger partial charge on any atom is -0.385 e. The largest absolute Gasteiger partial charge is 0.385 e. The molecular formula is C16H32N2O. The Morgan fingerprint density at radius 1 is 1.21 bits per heavy atom. The van der Waals surface area contributed by atoms with Gasteiger partial charge in [0, 0.05) is 31.8 Å². The van der Waals surface area contributed by atoms with Crippen LogP contribution in [-0.2, 0) is 4.74 Å². The predicted molar refractivity (Wildman–Crippen MR) is 80.6 cm³/mol. The predicted octanol–water partition coefficient (Wildman–Crippen LogP) is 2.80. The second-order valence-electron chi connectivity index (χ2n) is 6.58. The molecule has 1 atom stereocenters. The molecule has 3 heteroatoms. The zero-order chi connectivity index (χ0) is 13.6. The van der Waals surface area contributed by atoms with E-state index in [1.165, 1.54) is 71.0 Å². The third-order valence-electron chi connectivity index (χ3n) is 5.05. The van der Waals surface area contributed by atoms with Crippen LogP contribution in [0.3, 0.4) is 0 Å². The smallest absolute Gasteiger partial charge is 0.0462 e. The van der Waals surface area contributed by atoms with E-state index in [0.29, 0.717) is 5.54 Å². The SMILES string of the molecule is COCCCCN1CC2(CCCCC2)NCCC1C. The van der Waals surface area contributed by atoms with Crippen LogP contribution in [0.1, 0.15) is 58.3 Å². The van der Waals surface area contributed by atoms with Crippen molar-refractivity contribution in [3.8, 4) is 0 Å². The van der Waals surface area contributed by atoms with E-state index in [2.05, 4.69) is 17.1 Å². The summed E-state index contributed by atoms with van der Waals surface area (Å²) in [6.07, 6.45) is 10.8. The van der Waals surface area contributed by atoms with E-state index in [1.807, 2.05) is 0 Å². The van der Waals surface area contributed by atoms with Gasteiger partial charge in [-0.3, -0.25) is 4.90 Å². The molecule has 0 radical (unpaired) electrons. The Hall–Kier alpha value is -0.120. The van der Waals surface area contributed by atoms with E-state index in [1.54, 1.807) is 7.11 Å². The van der Waals surface area contributed by atoms with Crippen LogP contribution in [0.2, 0.25) is 0 Å². The normalized spacial score (nSPS) is 28.4. The summed E-state index contributed by atoms with van der Waals surface area (Å²) in [7, 11) is 1.80. The van der Waals surface area contributed by atoms with Crippen molar-refractivity contribution in [2.45, 2.75) is 69.9 Å². The first-order chi connectivity index (χ1) is 9.26. The number of ether oxygens (including phenoxy) is 1. The number of hydrogen-bond acceptors (Lipinski definition) is 3. The Bertz CT molecular complexity index is 251. The van der Waals surface area contributed by atoms with Crippen LogP contribution in [0.15, 0.2) is 0 Å². The molecule has 1 saturated heterocycles. The molecule has 2 rings (SSSR count). The lowest BCUT2D eigenvalue weighted by Crippen LogP contribution is -2.53. The molecule has 2 fully saturated rings. The van der Waals surface area contributed by atoms with Crippen LogP contribution in [0.25, 0.3) is 0 Å². The monoisotopic (exact) mass is 268 g/mol. The molecule has 0 aromatic heterocycles. The van der Waals surface area contributed by atoms with Gasteiger partial charge in [-0.2, -0.15) is 0 Å².